The van der Waals surface area contributed by atoms with Gasteiger partial charge in [0, 0.05) is 6.42 Å². The molecule has 0 rings (SSSR count). The van der Waals surface area contributed by atoms with Crippen LogP contribution < -0.4 is 4.72 Å². The Balaban J connectivity index is 3.65. The molecular formula is C8H17NO3S. The predicted molar refractivity (Wildman–Crippen MR) is 51.7 cm³/mol. The molecule has 0 fully saturated rings. The second kappa shape index (κ2) is 5.21. The van der Waals surface area contributed by atoms with Crippen LogP contribution in [-0.4, -0.2) is 20.6 Å². The van der Waals surface area contributed by atoms with Crippen LogP contribution in [0.5, 0.6) is 0 Å². The Morgan fingerprint density at radius 2 is 1.92 bits per heavy atom. The van der Waals surface area contributed by atoms with E-state index in [1.165, 1.54) is 0 Å². The van der Waals surface area contributed by atoms with E-state index in [2.05, 4.69) is 13.8 Å². The van der Waals surface area contributed by atoms with Crippen molar-refractivity contribution in [2.45, 2.75) is 33.1 Å². The van der Waals surface area contributed by atoms with Gasteiger partial charge in [0.25, 0.3) is 0 Å². The number of carbonyl (C=O) groups excluding carboxylic acids is 1. The van der Waals surface area contributed by atoms with Crippen LogP contribution in [0.2, 0.25) is 0 Å². The van der Waals surface area contributed by atoms with E-state index < -0.39 is 15.9 Å². The lowest BCUT2D eigenvalue weighted by Gasteiger charge is -2.04. The quantitative estimate of drug-likeness (QED) is 0.728. The third kappa shape index (κ3) is 9.33. The summed E-state index contributed by atoms with van der Waals surface area (Å²) in [5.74, 6) is 0.134. The van der Waals surface area contributed by atoms with Gasteiger partial charge in [-0.2, -0.15) is 0 Å². The first-order valence-electron chi connectivity index (χ1n) is 4.32. The highest BCUT2D eigenvalue weighted by Crippen LogP contribution is 2.05. The van der Waals surface area contributed by atoms with Crippen LogP contribution in [-0.2, 0) is 14.8 Å². The monoisotopic (exact) mass is 207 g/mol. The summed E-state index contributed by atoms with van der Waals surface area (Å²) in [7, 11) is -3.37. The van der Waals surface area contributed by atoms with Crippen molar-refractivity contribution in [1.82, 2.24) is 4.72 Å². The zero-order valence-electron chi connectivity index (χ0n) is 8.33. The van der Waals surface area contributed by atoms with E-state index in [1.54, 1.807) is 0 Å². The average molecular weight is 207 g/mol. The molecule has 0 aromatic heterocycles. The fourth-order valence-corrected chi connectivity index (χ4v) is 1.44. The van der Waals surface area contributed by atoms with Crippen LogP contribution in [0.4, 0.5) is 0 Å². The first-order valence-corrected chi connectivity index (χ1v) is 6.21. The summed E-state index contributed by atoms with van der Waals surface area (Å²) >= 11 is 0. The Hall–Kier alpha value is -0.580. The van der Waals surface area contributed by atoms with Crippen molar-refractivity contribution in [2.75, 3.05) is 6.26 Å². The van der Waals surface area contributed by atoms with Gasteiger partial charge in [-0.3, -0.25) is 9.52 Å². The molecule has 0 saturated heterocycles. The topological polar surface area (TPSA) is 63.2 Å². The van der Waals surface area contributed by atoms with E-state index in [-0.39, 0.29) is 6.42 Å². The predicted octanol–water partition coefficient (Wildman–Crippen LogP) is 0.889. The second-order valence-electron chi connectivity index (χ2n) is 3.58. The zero-order chi connectivity index (χ0) is 10.5. The molecule has 0 unspecified atom stereocenters. The highest BCUT2D eigenvalue weighted by molar-refractivity contribution is 7.89. The molecule has 0 saturated carbocycles. The van der Waals surface area contributed by atoms with Crippen molar-refractivity contribution in [1.29, 1.82) is 0 Å². The summed E-state index contributed by atoms with van der Waals surface area (Å²) in [6, 6.07) is 0. The molecule has 1 amide bonds. The number of hydrogen-bond acceptors (Lipinski definition) is 3. The van der Waals surface area contributed by atoms with Gasteiger partial charge < -0.3 is 0 Å². The Kier molecular flexibility index (Phi) is 4.98. The van der Waals surface area contributed by atoms with Crippen LogP contribution in [0.25, 0.3) is 0 Å². The van der Waals surface area contributed by atoms with Gasteiger partial charge in [-0.15, -0.1) is 0 Å². The molecule has 0 aliphatic rings. The third-order valence-corrected chi connectivity index (χ3v) is 2.08. The highest BCUT2D eigenvalue weighted by Gasteiger charge is 2.07. The smallest absolute Gasteiger partial charge is 0.233 e. The maximum Gasteiger partial charge on any atom is 0.233 e. The summed E-state index contributed by atoms with van der Waals surface area (Å²) in [4.78, 5) is 10.9. The van der Waals surface area contributed by atoms with Crippen molar-refractivity contribution in [3.05, 3.63) is 0 Å². The molecule has 1 N–H and O–H groups in total. The Labute approximate surface area is 79.8 Å². The van der Waals surface area contributed by atoms with Crippen molar-refractivity contribution < 1.29 is 13.2 Å². The van der Waals surface area contributed by atoms with Gasteiger partial charge in [0.05, 0.1) is 6.26 Å². The minimum absolute atomic E-state index is 0.283. The number of nitrogens with one attached hydrogen (secondary N) is 1. The van der Waals surface area contributed by atoms with Crippen LogP contribution in [0, 0.1) is 5.92 Å². The highest BCUT2D eigenvalue weighted by atomic mass is 32.2. The molecule has 0 bridgehead atoms. The molecule has 0 aliphatic carbocycles. The standard InChI is InChI=1S/C8H17NO3S/c1-7(2)5-4-6-8(10)9-13(3,11)12/h7H,4-6H2,1-3H3,(H,9,10). The number of rotatable bonds is 5. The number of sulfonamides is 1. The molecule has 0 atom stereocenters. The van der Waals surface area contributed by atoms with Crippen LogP contribution in [0.15, 0.2) is 0 Å². The molecule has 0 spiro atoms. The Morgan fingerprint density at radius 1 is 1.38 bits per heavy atom. The minimum Gasteiger partial charge on any atom is -0.274 e. The molecule has 0 aromatic carbocycles. The third-order valence-electron chi connectivity index (χ3n) is 1.48. The average Bonchev–Trinajstić information content (AvgIpc) is 1.81. The zero-order valence-corrected chi connectivity index (χ0v) is 9.15. The largest absolute Gasteiger partial charge is 0.274 e. The van der Waals surface area contributed by atoms with Crippen molar-refractivity contribution in [3.8, 4) is 0 Å². The summed E-state index contributed by atoms with van der Waals surface area (Å²) < 4.78 is 23.1. The lowest BCUT2D eigenvalue weighted by molar-refractivity contribution is -0.119. The fourth-order valence-electron chi connectivity index (χ4n) is 0.929. The fraction of sp³-hybridized carbons (Fsp3) is 0.875. The van der Waals surface area contributed by atoms with E-state index in [1.807, 2.05) is 4.72 Å². The van der Waals surface area contributed by atoms with E-state index in [0.29, 0.717) is 5.92 Å². The summed E-state index contributed by atoms with van der Waals surface area (Å²) in [6.07, 6.45) is 2.94. The molecule has 4 nitrogen and oxygen atoms in total. The second-order valence-corrected chi connectivity index (χ2v) is 5.33. The molecular weight excluding hydrogens is 190 g/mol. The van der Waals surface area contributed by atoms with Gasteiger partial charge >= 0.3 is 0 Å². The van der Waals surface area contributed by atoms with Crippen molar-refractivity contribution in [2.24, 2.45) is 5.92 Å². The van der Waals surface area contributed by atoms with Gasteiger partial charge in [-0.25, -0.2) is 8.42 Å². The lowest BCUT2D eigenvalue weighted by Crippen LogP contribution is -2.29. The Morgan fingerprint density at radius 3 is 2.31 bits per heavy atom. The van der Waals surface area contributed by atoms with E-state index >= 15 is 0 Å². The summed E-state index contributed by atoms with van der Waals surface area (Å²) in [5.41, 5.74) is 0. The molecule has 0 radical (unpaired) electrons. The van der Waals surface area contributed by atoms with Crippen molar-refractivity contribution in [3.63, 3.8) is 0 Å². The normalized spacial score (nSPS) is 11.7. The van der Waals surface area contributed by atoms with Gasteiger partial charge in [0.1, 0.15) is 0 Å². The van der Waals surface area contributed by atoms with Gasteiger partial charge in [0.15, 0.2) is 0 Å². The van der Waals surface area contributed by atoms with Gasteiger partial charge in [0.2, 0.25) is 15.9 Å². The maximum atomic E-state index is 10.9. The first kappa shape index (κ1) is 12.4. The summed E-state index contributed by atoms with van der Waals surface area (Å²) in [5, 5.41) is 0. The molecule has 0 heterocycles. The Bertz CT molecular complexity index is 257. The SMILES string of the molecule is CC(C)CCCC(=O)NS(C)(=O)=O. The van der Waals surface area contributed by atoms with E-state index in [9.17, 15) is 13.2 Å². The first-order chi connectivity index (χ1) is 5.81. The molecule has 78 valence electrons. The van der Waals surface area contributed by atoms with Gasteiger partial charge in [-0.05, 0) is 12.3 Å². The molecule has 0 aliphatic heterocycles. The number of carbonyl (C=O) groups is 1. The molecule has 13 heavy (non-hydrogen) atoms. The van der Waals surface area contributed by atoms with Crippen LogP contribution in [0.3, 0.4) is 0 Å². The summed E-state index contributed by atoms with van der Waals surface area (Å²) in [6.45, 7) is 4.13. The van der Waals surface area contributed by atoms with Crippen molar-refractivity contribution >= 4 is 15.9 Å². The number of amides is 1. The van der Waals surface area contributed by atoms with E-state index in [0.717, 1.165) is 19.1 Å². The van der Waals surface area contributed by atoms with Gasteiger partial charge in [-0.1, -0.05) is 20.3 Å². The number of hydrogen-bond donors (Lipinski definition) is 1. The van der Waals surface area contributed by atoms with E-state index in [4.69, 9.17) is 0 Å². The minimum atomic E-state index is -3.37. The molecule has 5 heteroatoms. The molecule has 0 aromatic rings. The lowest BCUT2D eigenvalue weighted by atomic mass is 10.1. The van der Waals surface area contributed by atoms with Crippen LogP contribution in [0.1, 0.15) is 33.1 Å². The van der Waals surface area contributed by atoms with Crippen LogP contribution >= 0.6 is 0 Å². The maximum absolute atomic E-state index is 10.9.